The van der Waals surface area contributed by atoms with Gasteiger partial charge in [-0.25, -0.2) is 9.79 Å². The zero-order chi connectivity index (χ0) is 16.3. The van der Waals surface area contributed by atoms with Gasteiger partial charge in [-0.2, -0.15) is 8.78 Å². The molecule has 0 bridgehead atoms. The fourth-order valence-electron chi connectivity index (χ4n) is 2.35. The Morgan fingerprint density at radius 1 is 1.36 bits per heavy atom. The van der Waals surface area contributed by atoms with E-state index in [1.54, 1.807) is 6.07 Å². The Labute approximate surface area is 125 Å². The van der Waals surface area contributed by atoms with E-state index in [0.29, 0.717) is 0 Å². The number of hydrogen-bond donors (Lipinski definition) is 1. The predicted octanol–water partition coefficient (Wildman–Crippen LogP) is 2.30. The lowest BCUT2D eigenvalue weighted by Gasteiger charge is -2.30. The molecule has 8 heteroatoms. The van der Waals surface area contributed by atoms with Crippen LogP contribution in [0.25, 0.3) is 0 Å². The highest BCUT2D eigenvalue weighted by molar-refractivity contribution is 6.08. The van der Waals surface area contributed by atoms with Gasteiger partial charge in [0.1, 0.15) is 11.7 Å². The standard InChI is InChI=1S/C14H14F2N2O4/c1-7-10(12(19)21-2)11(18-14(20)17-7)8-5-3-4-6-9(8)22-13(15)16/h3-6,10-11,13H,1-2H3,(H,18,20). The Kier molecular flexibility index (Phi) is 4.69. The summed E-state index contributed by atoms with van der Waals surface area (Å²) in [6, 6.07) is 4.39. The van der Waals surface area contributed by atoms with Crippen molar-refractivity contribution in [1.82, 2.24) is 5.32 Å². The average molecular weight is 312 g/mol. The van der Waals surface area contributed by atoms with Gasteiger partial charge in [0.2, 0.25) is 0 Å². The summed E-state index contributed by atoms with van der Waals surface area (Å²) in [5.41, 5.74) is 0.494. The number of benzene rings is 1. The first-order valence-corrected chi connectivity index (χ1v) is 6.41. The molecule has 1 N–H and O–H groups in total. The lowest BCUT2D eigenvalue weighted by Crippen LogP contribution is -2.44. The van der Waals surface area contributed by atoms with Crippen molar-refractivity contribution in [2.75, 3.05) is 7.11 Å². The first-order chi connectivity index (χ1) is 10.4. The summed E-state index contributed by atoms with van der Waals surface area (Å²) in [6.07, 6.45) is 0. The molecule has 0 aromatic heterocycles. The molecule has 0 radical (unpaired) electrons. The minimum atomic E-state index is -3.02. The topological polar surface area (TPSA) is 77.0 Å². The number of para-hydroxylation sites is 1. The maximum absolute atomic E-state index is 12.5. The van der Waals surface area contributed by atoms with Crippen molar-refractivity contribution in [3.05, 3.63) is 29.8 Å². The number of nitrogens with zero attached hydrogens (tertiary/aromatic N) is 1. The van der Waals surface area contributed by atoms with E-state index >= 15 is 0 Å². The third-order valence-corrected chi connectivity index (χ3v) is 3.27. The Bertz CT molecular complexity index is 619. The van der Waals surface area contributed by atoms with Gasteiger partial charge in [-0.05, 0) is 13.0 Å². The highest BCUT2D eigenvalue weighted by atomic mass is 19.3. The van der Waals surface area contributed by atoms with Crippen LogP contribution in [0.3, 0.4) is 0 Å². The van der Waals surface area contributed by atoms with Crippen LogP contribution in [-0.2, 0) is 9.53 Å². The normalized spacial score (nSPS) is 21.1. The maximum atomic E-state index is 12.5. The highest BCUT2D eigenvalue weighted by Gasteiger charge is 2.39. The van der Waals surface area contributed by atoms with Gasteiger partial charge in [-0.15, -0.1) is 0 Å². The second kappa shape index (κ2) is 6.50. The second-order valence-electron chi connectivity index (χ2n) is 4.60. The number of rotatable bonds is 4. The Balaban J connectivity index is 2.47. The molecule has 0 fully saturated rings. The van der Waals surface area contributed by atoms with Crippen molar-refractivity contribution < 1.29 is 27.8 Å². The quantitative estimate of drug-likeness (QED) is 0.866. The Hall–Kier alpha value is -2.51. The first-order valence-electron chi connectivity index (χ1n) is 6.41. The summed E-state index contributed by atoms with van der Waals surface area (Å²) in [5, 5.41) is 2.49. The summed E-state index contributed by atoms with van der Waals surface area (Å²) in [4.78, 5) is 27.2. The molecule has 22 heavy (non-hydrogen) atoms. The lowest BCUT2D eigenvalue weighted by atomic mass is 9.88. The molecule has 0 spiro atoms. The second-order valence-corrected chi connectivity index (χ2v) is 4.60. The maximum Gasteiger partial charge on any atom is 0.387 e. The van der Waals surface area contributed by atoms with Crippen molar-refractivity contribution in [3.8, 4) is 5.75 Å². The van der Waals surface area contributed by atoms with E-state index in [0.717, 1.165) is 0 Å². The summed E-state index contributed by atoms with van der Waals surface area (Å²) >= 11 is 0. The van der Waals surface area contributed by atoms with Gasteiger partial charge in [-0.1, -0.05) is 18.2 Å². The van der Waals surface area contributed by atoms with Gasteiger partial charge < -0.3 is 14.8 Å². The number of alkyl halides is 2. The number of amides is 2. The van der Waals surface area contributed by atoms with E-state index in [4.69, 9.17) is 4.74 Å². The molecule has 118 valence electrons. The van der Waals surface area contributed by atoms with Gasteiger partial charge >= 0.3 is 18.6 Å². The number of aliphatic imine (C=N–C) groups is 1. The number of urea groups is 1. The Morgan fingerprint density at radius 2 is 2.05 bits per heavy atom. The van der Waals surface area contributed by atoms with Gasteiger partial charge in [0.05, 0.1) is 13.2 Å². The van der Waals surface area contributed by atoms with Gasteiger partial charge in [0.15, 0.2) is 0 Å². The van der Waals surface area contributed by atoms with Crippen LogP contribution in [0.5, 0.6) is 5.75 Å². The number of carbonyl (C=O) groups excluding carboxylic acids is 2. The van der Waals surface area contributed by atoms with E-state index in [2.05, 4.69) is 15.0 Å². The number of halogens is 2. The van der Waals surface area contributed by atoms with E-state index in [1.165, 1.54) is 32.2 Å². The fraction of sp³-hybridized carbons (Fsp3) is 0.357. The lowest BCUT2D eigenvalue weighted by molar-refractivity contribution is -0.143. The van der Waals surface area contributed by atoms with Gasteiger partial charge in [0, 0.05) is 11.3 Å². The molecule has 2 atom stereocenters. The monoisotopic (exact) mass is 312 g/mol. The van der Waals surface area contributed by atoms with Crippen LogP contribution in [-0.4, -0.2) is 31.4 Å². The molecule has 1 aliphatic heterocycles. The van der Waals surface area contributed by atoms with Gasteiger partial charge in [0.25, 0.3) is 0 Å². The molecular formula is C14H14F2N2O4. The van der Waals surface area contributed by atoms with Crippen LogP contribution in [0.2, 0.25) is 0 Å². The predicted molar refractivity (Wildman–Crippen MR) is 73.0 cm³/mol. The van der Waals surface area contributed by atoms with E-state index in [1.807, 2.05) is 0 Å². The zero-order valence-electron chi connectivity index (χ0n) is 11.9. The summed E-state index contributed by atoms with van der Waals surface area (Å²) in [6.45, 7) is -1.52. The molecule has 2 unspecified atom stereocenters. The first kappa shape index (κ1) is 15.9. The molecular weight excluding hydrogens is 298 g/mol. The van der Waals surface area contributed by atoms with Crippen molar-refractivity contribution in [3.63, 3.8) is 0 Å². The SMILES string of the molecule is COC(=O)C1C(C)=NC(=O)NC1c1ccccc1OC(F)F. The number of hydrogen-bond acceptors (Lipinski definition) is 4. The summed E-state index contributed by atoms with van der Waals surface area (Å²) in [7, 11) is 1.20. The number of nitrogens with one attached hydrogen (secondary N) is 1. The summed E-state index contributed by atoms with van der Waals surface area (Å²) in [5.74, 6) is -1.66. The molecule has 1 heterocycles. The number of methoxy groups -OCH3 is 1. The summed E-state index contributed by atoms with van der Waals surface area (Å²) < 4.78 is 34.2. The molecule has 2 rings (SSSR count). The highest BCUT2D eigenvalue weighted by Crippen LogP contribution is 2.34. The molecule has 1 aromatic rings. The minimum absolute atomic E-state index is 0.119. The molecule has 1 aliphatic rings. The number of ether oxygens (including phenoxy) is 2. The van der Waals surface area contributed by atoms with Gasteiger partial charge in [-0.3, -0.25) is 4.79 Å². The van der Waals surface area contributed by atoms with Crippen LogP contribution in [0, 0.1) is 5.92 Å². The molecule has 6 nitrogen and oxygen atoms in total. The van der Waals surface area contributed by atoms with Crippen LogP contribution in [0.15, 0.2) is 29.3 Å². The van der Waals surface area contributed by atoms with E-state index in [-0.39, 0.29) is 17.0 Å². The van der Waals surface area contributed by atoms with Crippen LogP contribution in [0.4, 0.5) is 13.6 Å². The van der Waals surface area contributed by atoms with Crippen LogP contribution in [0.1, 0.15) is 18.5 Å². The average Bonchev–Trinajstić information content (AvgIpc) is 2.45. The van der Waals surface area contributed by atoms with E-state index in [9.17, 15) is 18.4 Å². The molecule has 1 aromatic carbocycles. The number of esters is 1. The van der Waals surface area contributed by atoms with Crippen LogP contribution < -0.4 is 10.1 Å². The van der Waals surface area contributed by atoms with Crippen molar-refractivity contribution in [2.24, 2.45) is 10.9 Å². The molecule has 0 aliphatic carbocycles. The molecule has 2 amide bonds. The third-order valence-electron chi connectivity index (χ3n) is 3.27. The minimum Gasteiger partial charge on any atom is -0.468 e. The zero-order valence-corrected chi connectivity index (χ0v) is 11.9. The molecule has 0 saturated heterocycles. The van der Waals surface area contributed by atoms with Crippen molar-refractivity contribution in [2.45, 2.75) is 19.6 Å². The van der Waals surface area contributed by atoms with Crippen LogP contribution >= 0.6 is 0 Å². The smallest absolute Gasteiger partial charge is 0.387 e. The number of carbonyl (C=O) groups is 2. The molecule has 0 saturated carbocycles. The van der Waals surface area contributed by atoms with Crippen molar-refractivity contribution >= 4 is 17.7 Å². The Morgan fingerprint density at radius 3 is 2.68 bits per heavy atom. The fourth-order valence-corrected chi connectivity index (χ4v) is 2.35. The van der Waals surface area contributed by atoms with Crippen molar-refractivity contribution in [1.29, 1.82) is 0 Å². The van der Waals surface area contributed by atoms with E-state index < -0.39 is 30.6 Å². The third kappa shape index (κ3) is 3.21. The largest absolute Gasteiger partial charge is 0.468 e.